The van der Waals surface area contributed by atoms with E-state index in [1.54, 1.807) is 43.5 Å². The summed E-state index contributed by atoms with van der Waals surface area (Å²) in [6, 6.07) is 13.1. The van der Waals surface area contributed by atoms with Crippen LogP contribution < -0.4 is 14.7 Å². The molecule has 0 saturated carbocycles. The van der Waals surface area contributed by atoms with Crippen molar-refractivity contribution < 1.29 is 26.9 Å². The Morgan fingerprint density at radius 1 is 1.07 bits per heavy atom. The smallest absolute Gasteiger partial charge is 0.311 e. The molecule has 2 aromatic rings. The Bertz CT molecular complexity index is 1070. The normalized spacial score (nSPS) is 19.0. The zero-order valence-electron chi connectivity index (χ0n) is 16.9. The molecule has 1 atom stereocenters. The zero-order valence-corrected chi connectivity index (χ0v) is 17.7. The van der Waals surface area contributed by atoms with Gasteiger partial charge in [0.05, 0.1) is 13.7 Å². The van der Waals surface area contributed by atoms with Crippen LogP contribution in [-0.4, -0.2) is 58.8 Å². The standard InChI is InChI=1S/C20H23N3O6S/c1-23-18(24)20(22-19(23)21,14-7-9-16(28-3)10-8-14)15-5-4-6-17(13-15)29-30(25,26)12-11-27-2/h4-10,13H,11-12H2,1-3H3,(H2,21,22). The van der Waals surface area contributed by atoms with Gasteiger partial charge >= 0.3 is 10.1 Å². The number of guanidine groups is 1. The first-order valence-corrected chi connectivity index (χ1v) is 10.6. The van der Waals surface area contributed by atoms with E-state index in [0.29, 0.717) is 16.9 Å². The first-order chi connectivity index (χ1) is 14.2. The Labute approximate surface area is 175 Å². The molecule has 9 nitrogen and oxygen atoms in total. The molecule has 10 heteroatoms. The van der Waals surface area contributed by atoms with E-state index >= 15 is 0 Å². The molecule has 30 heavy (non-hydrogen) atoms. The van der Waals surface area contributed by atoms with Gasteiger partial charge in [0.15, 0.2) is 11.5 Å². The average Bonchev–Trinajstić information content (AvgIpc) is 2.97. The number of carbonyl (C=O) groups is 1. The summed E-state index contributed by atoms with van der Waals surface area (Å²) in [6.45, 7) is 0.00190. The van der Waals surface area contributed by atoms with Gasteiger partial charge < -0.3 is 19.4 Å². The molecule has 0 bridgehead atoms. The molecule has 1 unspecified atom stereocenters. The van der Waals surface area contributed by atoms with Crippen LogP contribution in [0.15, 0.2) is 53.5 Å². The Morgan fingerprint density at radius 3 is 2.33 bits per heavy atom. The molecule has 0 aliphatic carbocycles. The Balaban J connectivity index is 2.09. The van der Waals surface area contributed by atoms with E-state index in [1.165, 1.54) is 31.2 Å². The highest BCUT2D eigenvalue weighted by Crippen LogP contribution is 2.40. The van der Waals surface area contributed by atoms with E-state index < -0.39 is 15.7 Å². The number of amides is 1. The molecular formula is C20H23N3O6S. The summed E-state index contributed by atoms with van der Waals surface area (Å²) in [6.07, 6.45) is 0. The molecule has 2 N–H and O–H groups in total. The number of carbonyl (C=O) groups excluding carboxylic acids is 1. The zero-order chi connectivity index (χ0) is 21.9. The number of aliphatic imine (C=N–C) groups is 1. The van der Waals surface area contributed by atoms with Crippen LogP contribution in [0.2, 0.25) is 0 Å². The lowest BCUT2D eigenvalue weighted by atomic mass is 9.82. The van der Waals surface area contributed by atoms with Crippen LogP contribution in [-0.2, 0) is 25.2 Å². The molecular weight excluding hydrogens is 410 g/mol. The third kappa shape index (κ3) is 3.96. The number of hydrogen-bond acceptors (Lipinski definition) is 8. The van der Waals surface area contributed by atoms with Gasteiger partial charge in [0, 0.05) is 14.2 Å². The number of likely N-dealkylation sites (N-methyl/N-ethyl adjacent to an activating group) is 1. The van der Waals surface area contributed by atoms with Crippen molar-refractivity contribution in [1.29, 1.82) is 0 Å². The van der Waals surface area contributed by atoms with Crippen molar-refractivity contribution in [3.8, 4) is 11.5 Å². The Morgan fingerprint density at radius 2 is 1.77 bits per heavy atom. The lowest BCUT2D eigenvalue weighted by molar-refractivity contribution is -0.129. The fourth-order valence-electron chi connectivity index (χ4n) is 3.16. The molecule has 1 heterocycles. The van der Waals surface area contributed by atoms with Crippen LogP contribution in [0.4, 0.5) is 0 Å². The number of methoxy groups -OCH3 is 2. The van der Waals surface area contributed by atoms with Crippen LogP contribution >= 0.6 is 0 Å². The van der Waals surface area contributed by atoms with Crippen LogP contribution in [0.5, 0.6) is 11.5 Å². The van der Waals surface area contributed by atoms with Crippen molar-refractivity contribution >= 4 is 22.0 Å². The summed E-state index contributed by atoms with van der Waals surface area (Å²) in [5, 5.41) is 0. The second-order valence-electron chi connectivity index (χ2n) is 6.64. The van der Waals surface area contributed by atoms with Gasteiger partial charge in [0.2, 0.25) is 0 Å². The van der Waals surface area contributed by atoms with Crippen molar-refractivity contribution in [2.45, 2.75) is 5.54 Å². The Kier molecular flexibility index (Phi) is 5.99. The second-order valence-corrected chi connectivity index (χ2v) is 8.33. The largest absolute Gasteiger partial charge is 0.497 e. The van der Waals surface area contributed by atoms with E-state index in [2.05, 4.69) is 4.99 Å². The average molecular weight is 433 g/mol. The maximum Gasteiger partial charge on any atom is 0.311 e. The van der Waals surface area contributed by atoms with Crippen LogP contribution in [0.25, 0.3) is 0 Å². The van der Waals surface area contributed by atoms with Crippen molar-refractivity contribution in [3.05, 3.63) is 59.7 Å². The molecule has 0 spiro atoms. The van der Waals surface area contributed by atoms with Crippen molar-refractivity contribution in [2.75, 3.05) is 33.6 Å². The van der Waals surface area contributed by atoms with E-state index in [0.717, 1.165) is 0 Å². The fourth-order valence-corrected chi connectivity index (χ4v) is 4.01. The van der Waals surface area contributed by atoms with Crippen molar-refractivity contribution in [1.82, 2.24) is 4.90 Å². The van der Waals surface area contributed by atoms with Gasteiger partial charge in [-0.05, 0) is 35.4 Å². The van der Waals surface area contributed by atoms with Gasteiger partial charge in [-0.15, -0.1) is 0 Å². The van der Waals surface area contributed by atoms with Gasteiger partial charge in [-0.3, -0.25) is 9.69 Å². The Hall–Kier alpha value is -3.11. The van der Waals surface area contributed by atoms with Gasteiger partial charge in [-0.1, -0.05) is 24.3 Å². The van der Waals surface area contributed by atoms with E-state index in [9.17, 15) is 13.2 Å². The summed E-state index contributed by atoms with van der Waals surface area (Å²) >= 11 is 0. The van der Waals surface area contributed by atoms with Crippen LogP contribution in [0.3, 0.4) is 0 Å². The second kappa shape index (κ2) is 8.33. The van der Waals surface area contributed by atoms with E-state index in [-0.39, 0.29) is 30.0 Å². The minimum absolute atomic E-state index is 0.00190. The van der Waals surface area contributed by atoms with E-state index in [4.69, 9.17) is 19.4 Å². The SMILES string of the molecule is COCCS(=O)(=O)Oc1cccc(C2(c3ccc(OC)cc3)N=C(N)N(C)C2=O)c1. The van der Waals surface area contributed by atoms with Gasteiger partial charge in [0.1, 0.15) is 17.3 Å². The molecule has 2 aromatic carbocycles. The van der Waals surface area contributed by atoms with Crippen molar-refractivity contribution in [3.63, 3.8) is 0 Å². The highest BCUT2D eigenvalue weighted by atomic mass is 32.2. The lowest BCUT2D eigenvalue weighted by Crippen LogP contribution is -2.41. The summed E-state index contributed by atoms with van der Waals surface area (Å²) in [5.41, 5.74) is 5.46. The topological polar surface area (TPSA) is 121 Å². The summed E-state index contributed by atoms with van der Waals surface area (Å²) in [4.78, 5) is 19.0. The van der Waals surface area contributed by atoms with E-state index in [1.807, 2.05) is 0 Å². The fraction of sp³-hybridized carbons (Fsp3) is 0.300. The van der Waals surface area contributed by atoms with Gasteiger partial charge in [0.25, 0.3) is 5.91 Å². The minimum atomic E-state index is -3.86. The number of ether oxygens (including phenoxy) is 2. The summed E-state index contributed by atoms with van der Waals surface area (Å²) in [7, 11) is 0.611. The van der Waals surface area contributed by atoms with Crippen molar-refractivity contribution in [2.24, 2.45) is 10.7 Å². The molecule has 0 saturated heterocycles. The molecule has 160 valence electrons. The first-order valence-electron chi connectivity index (χ1n) is 9.03. The first kappa shape index (κ1) is 21.6. The molecule has 3 rings (SSSR count). The maximum absolute atomic E-state index is 13.3. The molecule has 1 aliphatic heterocycles. The molecule has 0 radical (unpaired) electrons. The highest BCUT2D eigenvalue weighted by Gasteiger charge is 2.49. The van der Waals surface area contributed by atoms with Gasteiger partial charge in [-0.25, -0.2) is 4.99 Å². The van der Waals surface area contributed by atoms with Crippen LogP contribution in [0.1, 0.15) is 11.1 Å². The molecule has 1 amide bonds. The van der Waals surface area contributed by atoms with Gasteiger partial charge in [-0.2, -0.15) is 8.42 Å². The minimum Gasteiger partial charge on any atom is -0.497 e. The lowest BCUT2D eigenvalue weighted by Gasteiger charge is -2.26. The maximum atomic E-state index is 13.3. The number of benzene rings is 2. The molecule has 0 aromatic heterocycles. The van der Waals surface area contributed by atoms with Crippen LogP contribution in [0, 0.1) is 0 Å². The predicted octanol–water partition coefficient (Wildman–Crippen LogP) is 1.08. The number of hydrogen-bond donors (Lipinski definition) is 1. The summed E-state index contributed by atoms with van der Waals surface area (Å²) < 4.78 is 39.5. The summed E-state index contributed by atoms with van der Waals surface area (Å²) in [5.74, 6) is 0.0578. The third-order valence-corrected chi connectivity index (χ3v) is 5.87. The number of nitrogens with two attached hydrogens (primary N) is 1. The quantitative estimate of drug-likeness (QED) is 0.619. The molecule has 1 aliphatic rings. The highest BCUT2D eigenvalue weighted by molar-refractivity contribution is 7.87. The monoisotopic (exact) mass is 433 g/mol. The number of rotatable bonds is 8. The predicted molar refractivity (Wildman–Crippen MR) is 111 cm³/mol. The third-order valence-electron chi connectivity index (χ3n) is 4.76. The molecule has 0 fully saturated rings. The number of nitrogens with zero attached hydrogens (tertiary/aromatic N) is 2.